The van der Waals surface area contributed by atoms with E-state index in [1.165, 1.54) is 103 Å². The molecule has 3 unspecified atom stereocenters. The molecular weight excluding hydrogens is 792 g/mol. The number of aliphatic hydroxyl groups excluding tert-OH is 1. The number of quaternary nitrogens is 1. The molecule has 0 aromatic rings. The van der Waals surface area contributed by atoms with Crippen molar-refractivity contribution in [2.75, 3.05) is 40.9 Å². The maximum absolute atomic E-state index is 12.7. The Hall–Kier alpha value is -2.06. The Balaban J connectivity index is 3.71. The van der Waals surface area contributed by atoms with Crippen LogP contribution in [0, 0.1) is 0 Å². The van der Waals surface area contributed by atoms with Gasteiger partial charge >= 0.3 is 0 Å². The number of aliphatic hydroxyl groups is 1. The Labute approximate surface area is 383 Å². The summed E-state index contributed by atoms with van der Waals surface area (Å²) in [6.07, 6.45) is 60.3. The van der Waals surface area contributed by atoms with Crippen LogP contribution in [0.3, 0.4) is 0 Å². The van der Waals surface area contributed by atoms with E-state index in [0.29, 0.717) is 23.9 Å². The molecule has 3 atom stereocenters. The highest BCUT2D eigenvalue weighted by Crippen LogP contribution is 2.38. The van der Waals surface area contributed by atoms with Gasteiger partial charge in [-0.15, -0.1) is 0 Å². The van der Waals surface area contributed by atoms with Crippen LogP contribution in [-0.4, -0.2) is 68.5 Å². The van der Waals surface area contributed by atoms with Gasteiger partial charge in [-0.05, 0) is 64.2 Å². The highest BCUT2D eigenvalue weighted by Gasteiger charge is 2.24. The average molecular weight is 889 g/mol. The van der Waals surface area contributed by atoms with Crippen LogP contribution in [0.5, 0.6) is 0 Å². The molecule has 0 fully saturated rings. The third-order valence-corrected chi connectivity index (χ3v) is 11.9. The topological polar surface area (TPSA) is 108 Å². The smallest absolute Gasteiger partial charge is 0.268 e. The van der Waals surface area contributed by atoms with Crippen molar-refractivity contribution in [3.63, 3.8) is 0 Å². The first kappa shape index (κ1) is 59.9. The summed E-state index contributed by atoms with van der Waals surface area (Å²) in [6, 6.07) is -0.797. The SMILES string of the molecule is CC/C=C\C/C=C\C/C=C\C/C=C\C/C=C\C/C=C\CCCCCCCCCCCCCCCCCCCCC(=O)NC(COP(=O)([O-])OCC[N+](C)(C)C)C(O)CCCCC. The Morgan fingerprint density at radius 1 is 0.581 bits per heavy atom. The minimum Gasteiger partial charge on any atom is -0.756 e. The van der Waals surface area contributed by atoms with Crippen molar-refractivity contribution in [1.82, 2.24) is 5.32 Å². The van der Waals surface area contributed by atoms with E-state index < -0.39 is 20.0 Å². The molecule has 9 heteroatoms. The average Bonchev–Trinajstić information content (AvgIpc) is 3.23. The van der Waals surface area contributed by atoms with Crippen LogP contribution >= 0.6 is 7.82 Å². The molecule has 0 heterocycles. The van der Waals surface area contributed by atoms with Crippen LogP contribution in [0.4, 0.5) is 0 Å². The van der Waals surface area contributed by atoms with Crippen LogP contribution < -0.4 is 10.2 Å². The number of rotatable bonds is 45. The number of nitrogens with one attached hydrogen (secondary N) is 1. The van der Waals surface area contributed by atoms with E-state index in [2.05, 4.69) is 92.1 Å². The van der Waals surface area contributed by atoms with Crippen molar-refractivity contribution in [2.45, 2.75) is 219 Å². The van der Waals surface area contributed by atoms with E-state index in [9.17, 15) is 19.4 Å². The van der Waals surface area contributed by atoms with Gasteiger partial charge in [0.1, 0.15) is 13.2 Å². The highest BCUT2D eigenvalue weighted by atomic mass is 31.2. The number of carbonyl (C=O) groups is 1. The molecule has 1 amide bonds. The van der Waals surface area contributed by atoms with Crippen LogP contribution in [-0.2, 0) is 18.4 Å². The molecule has 0 aliphatic rings. The number of phosphoric acid groups is 1. The minimum absolute atomic E-state index is 0.00936. The summed E-state index contributed by atoms with van der Waals surface area (Å²) in [5.41, 5.74) is 0. The van der Waals surface area contributed by atoms with E-state index in [0.717, 1.165) is 77.0 Å². The molecule has 0 aliphatic heterocycles. The zero-order chi connectivity index (χ0) is 45.7. The predicted molar refractivity (Wildman–Crippen MR) is 265 cm³/mol. The van der Waals surface area contributed by atoms with Crippen LogP contribution in [0.1, 0.15) is 206 Å². The van der Waals surface area contributed by atoms with Crippen molar-refractivity contribution in [3.05, 3.63) is 72.9 Å². The molecule has 0 spiro atoms. The number of hydrogen-bond acceptors (Lipinski definition) is 6. The number of phosphoric ester groups is 1. The van der Waals surface area contributed by atoms with Gasteiger partial charge < -0.3 is 28.8 Å². The van der Waals surface area contributed by atoms with Gasteiger partial charge in [0.15, 0.2) is 0 Å². The standard InChI is InChI=1S/C53H97N2O6P/c1-6-8-10-11-12-13-14-15-16-17-18-19-20-21-22-23-24-25-26-27-28-29-30-31-32-33-34-35-36-37-38-39-40-41-42-43-45-47-53(57)54-51(52(56)46-44-9-7-2)50-61-62(58,59)60-49-48-55(3,4)5/h8,10,12-13,15-16,18-19,21-22,24-25,51-52,56H,6-7,9,11,14,17,20,23,26-50H2,1-5H3,(H-,54,57,58,59)/b10-8-,13-12-,16-15-,19-18-,22-21-,25-24-. The Morgan fingerprint density at radius 2 is 0.984 bits per heavy atom. The molecule has 8 nitrogen and oxygen atoms in total. The summed E-state index contributed by atoms with van der Waals surface area (Å²) in [7, 11) is 1.29. The van der Waals surface area contributed by atoms with Gasteiger partial charge in [0, 0.05) is 6.42 Å². The summed E-state index contributed by atoms with van der Waals surface area (Å²) >= 11 is 0. The molecule has 0 aromatic heterocycles. The second kappa shape index (κ2) is 44.2. The van der Waals surface area contributed by atoms with Crippen molar-refractivity contribution in [1.29, 1.82) is 0 Å². The predicted octanol–water partition coefficient (Wildman–Crippen LogP) is 14.1. The molecule has 0 saturated heterocycles. The molecule has 0 radical (unpaired) electrons. The second-order valence-corrected chi connectivity index (χ2v) is 19.6. The third-order valence-electron chi connectivity index (χ3n) is 11.0. The summed E-state index contributed by atoms with van der Waals surface area (Å²) in [4.78, 5) is 25.0. The van der Waals surface area contributed by atoms with Crippen LogP contribution in [0.15, 0.2) is 72.9 Å². The summed E-state index contributed by atoms with van der Waals surface area (Å²) in [5, 5.41) is 13.6. The minimum atomic E-state index is -4.54. The Morgan fingerprint density at radius 3 is 1.40 bits per heavy atom. The van der Waals surface area contributed by atoms with E-state index in [1.807, 2.05) is 21.1 Å². The van der Waals surface area contributed by atoms with Crippen molar-refractivity contribution >= 4 is 13.7 Å². The fourth-order valence-corrected chi connectivity index (χ4v) is 7.71. The largest absolute Gasteiger partial charge is 0.756 e. The Kier molecular flexibility index (Phi) is 42.7. The fourth-order valence-electron chi connectivity index (χ4n) is 6.98. The van der Waals surface area contributed by atoms with E-state index in [1.54, 1.807) is 0 Å². The molecule has 0 bridgehead atoms. The van der Waals surface area contributed by atoms with Gasteiger partial charge in [0.05, 0.1) is 39.9 Å². The Bertz CT molecular complexity index is 1240. The third kappa shape index (κ3) is 45.9. The number of allylic oxidation sites excluding steroid dienone is 12. The van der Waals surface area contributed by atoms with Gasteiger partial charge in [0.2, 0.25) is 5.91 Å². The number of likely N-dealkylation sites (N-methyl/N-ethyl adjacent to an activating group) is 1. The monoisotopic (exact) mass is 889 g/mol. The summed E-state index contributed by atoms with van der Waals surface area (Å²) < 4.78 is 23.0. The van der Waals surface area contributed by atoms with Gasteiger partial charge in [-0.1, -0.05) is 209 Å². The zero-order valence-corrected chi connectivity index (χ0v) is 41.7. The maximum atomic E-state index is 12.7. The normalized spacial score (nSPS) is 14.8. The zero-order valence-electron chi connectivity index (χ0n) is 40.8. The van der Waals surface area contributed by atoms with Crippen LogP contribution in [0.25, 0.3) is 0 Å². The van der Waals surface area contributed by atoms with E-state index in [4.69, 9.17) is 9.05 Å². The van der Waals surface area contributed by atoms with Crippen molar-refractivity contribution < 1.29 is 32.9 Å². The molecule has 0 rings (SSSR count). The van der Waals surface area contributed by atoms with Crippen molar-refractivity contribution in [3.8, 4) is 0 Å². The summed E-state index contributed by atoms with van der Waals surface area (Å²) in [6.45, 7) is 4.43. The molecular formula is C53H97N2O6P. The quantitative estimate of drug-likeness (QED) is 0.0273. The number of hydrogen-bond donors (Lipinski definition) is 2. The number of nitrogens with zero attached hydrogens (tertiary/aromatic N) is 1. The summed E-state index contributed by atoms with van der Waals surface area (Å²) in [5.74, 6) is -0.178. The van der Waals surface area contributed by atoms with Crippen molar-refractivity contribution in [2.24, 2.45) is 0 Å². The maximum Gasteiger partial charge on any atom is 0.268 e. The number of amides is 1. The van der Waals surface area contributed by atoms with Gasteiger partial charge in [-0.2, -0.15) is 0 Å². The lowest BCUT2D eigenvalue weighted by atomic mass is 10.0. The van der Waals surface area contributed by atoms with E-state index >= 15 is 0 Å². The lowest BCUT2D eigenvalue weighted by Crippen LogP contribution is -2.46. The highest BCUT2D eigenvalue weighted by molar-refractivity contribution is 7.45. The molecule has 0 aromatic carbocycles. The second-order valence-electron chi connectivity index (χ2n) is 18.1. The van der Waals surface area contributed by atoms with E-state index in [-0.39, 0.29) is 19.1 Å². The first-order valence-corrected chi connectivity index (χ1v) is 26.7. The molecule has 0 saturated carbocycles. The number of carbonyl (C=O) groups excluding carboxylic acids is 1. The molecule has 360 valence electrons. The fraction of sp³-hybridized carbons (Fsp3) is 0.755. The molecule has 0 aliphatic carbocycles. The van der Waals surface area contributed by atoms with Crippen LogP contribution in [0.2, 0.25) is 0 Å². The number of unbranched alkanes of at least 4 members (excludes halogenated alkanes) is 20. The molecule has 2 N–H and O–H groups in total. The lowest BCUT2D eigenvalue weighted by molar-refractivity contribution is -0.870. The van der Waals surface area contributed by atoms with Gasteiger partial charge in [0.25, 0.3) is 7.82 Å². The van der Waals surface area contributed by atoms with Gasteiger partial charge in [-0.3, -0.25) is 9.36 Å². The first-order chi connectivity index (χ1) is 30.0. The van der Waals surface area contributed by atoms with Gasteiger partial charge in [-0.25, -0.2) is 0 Å². The molecule has 62 heavy (non-hydrogen) atoms. The lowest BCUT2D eigenvalue weighted by Gasteiger charge is -2.30. The first-order valence-electron chi connectivity index (χ1n) is 25.3.